The second-order valence-electron chi connectivity index (χ2n) is 9.19. The summed E-state index contributed by atoms with van der Waals surface area (Å²) in [5, 5.41) is 0. The summed E-state index contributed by atoms with van der Waals surface area (Å²) in [6.07, 6.45) is 13.3. The highest BCUT2D eigenvalue weighted by atomic mass is 16.5. The monoisotopic (exact) mass is 558 g/mol. The first-order valence-electron chi connectivity index (χ1n) is 13.5. The minimum absolute atomic E-state index is 0.417. The highest BCUT2D eigenvalue weighted by Crippen LogP contribution is 2.26. The molecule has 0 atom stereocenters. The van der Waals surface area contributed by atoms with Crippen LogP contribution in [0.2, 0.25) is 0 Å². The van der Waals surface area contributed by atoms with Crippen LogP contribution < -0.4 is 18.9 Å². The lowest BCUT2D eigenvalue weighted by Crippen LogP contribution is -2.08. The van der Waals surface area contributed by atoms with Crippen LogP contribution in [0.4, 0.5) is 0 Å². The van der Waals surface area contributed by atoms with Crippen LogP contribution >= 0.6 is 0 Å². The van der Waals surface area contributed by atoms with Gasteiger partial charge in [-0.15, -0.1) is 24.7 Å². The second kappa shape index (κ2) is 15.4. The van der Waals surface area contributed by atoms with Gasteiger partial charge in [-0.3, -0.25) is 0 Å². The molecule has 0 spiro atoms. The molecule has 0 amide bonds. The fourth-order valence-corrected chi connectivity index (χ4v) is 3.87. The van der Waals surface area contributed by atoms with Gasteiger partial charge < -0.3 is 18.9 Å². The topological polar surface area (TPSA) is 71.1 Å². The first-order chi connectivity index (χ1) is 20.6. The number of hydrogen-bond donors (Lipinski definition) is 0. The number of benzene rings is 4. The van der Waals surface area contributed by atoms with Crippen molar-refractivity contribution in [3.05, 3.63) is 108 Å². The fourth-order valence-electron chi connectivity index (χ4n) is 3.87. The standard InChI is InChI=1S/C36H30O6/c1-3-5-7-25-39-31-17-13-29(14-18-31)35(37)41-33-21-9-27(10-22-33)28-11-23-34(24-12-28)42-36(38)30-15-19-32(20-16-30)40-26-8-6-4-2/h1-2,9-24H,5-8,25-26H2. The second-order valence-corrected chi connectivity index (χ2v) is 9.19. The lowest BCUT2D eigenvalue weighted by atomic mass is 10.1. The average molecular weight is 559 g/mol. The molecule has 0 aliphatic carbocycles. The molecule has 0 aliphatic heterocycles. The summed E-state index contributed by atoms with van der Waals surface area (Å²) >= 11 is 0. The summed E-state index contributed by atoms with van der Waals surface area (Å²) in [5.41, 5.74) is 2.66. The van der Waals surface area contributed by atoms with E-state index >= 15 is 0 Å². The van der Waals surface area contributed by atoms with Gasteiger partial charge in [0, 0.05) is 12.8 Å². The van der Waals surface area contributed by atoms with Crippen molar-refractivity contribution in [3.8, 4) is 58.8 Å². The van der Waals surface area contributed by atoms with E-state index < -0.39 is 11.9 Å². The number of ether oxygens (including phenoxy) is 4. The van der Waals surface area contributed by atoms with Crippen LogP contribution in [-0.4, -0.2) is 25.2 Å². The zero-order chi connectivity index (χ0) is 29.6. The third-order valence-electron chi connectivity index (χ3n) is 6.11. The maximum atomic E-state index is 12.5. The van der Waals surface area contributed by atoms with Gasteiger partial charge in [0.25, 0.3) is 0 Å². The third kappa shape index (κ3) is 8.78. The maximum Gasteiger partial charge on any atom is 0.343 e. The van der Waals surface area contributed by atoms with Crippen LogP contribution in [0.15, 0.2) is 97.1 Å². The molecule has 0 aliphatic rings. The van der Waals surface area contributed by atoms with Gasteiger partial charge in [0.1, 0.15) is 23.0 Å². The first kappa shape index (κ1) is 29.5. The minimum Gasteiger partial charge on any atom is -0.494 e. The number of carbonyl (C=O) groups is 2. The van der Waals surface area contributed by atoms with Gasteiger partial charge in [-0.25, -0.2) is 9.59 Å². The van der Waals surface area contributed by atoms with E-state index in [1.54, 1.807) is 72.8 Å². The largest absolute Gasteiger partial charge is 0.494 e. The lowest BCUT2D eigenvalue weighted by Gasteiger charge is -2.09. The number of hydrogen-bond acceptors (Lipinski definition) is 6. The van der Waals surface area contributed by atoms with Crippen molar-refractivity contribution < 1.29 is 28.5 Å². The highest BCUT2D eigenvalue weighted by molar-refractivity contribution is 5.92. The van der Waals surface area contributed by atoms with Gasteiger partial charge in [0.05, 0.1) is 24.3 Å². The van der Waals surface area contributed by atoms with Gasteiger partial charge >= 0.3 is 11.9 Å². The smallest absolute Gasteiger partial charge is 0.343 e. The molecule has 0 heterocycles. The molecule has 4 aromatic carbocycles. The molecule has 0 saturated heterocycles. The van der Waals surface area contributed by atoms with Crippen LogP contribution in [0.1, 0.15) is 46.4 Å². The lowest BCUT2D eigenvalue weighted by molar-refractivity contribution is 0.0725. The summed E-state index contributed by atoms with van der Waals surface area (Å²) in [6.45, 7) is 1.04. The first-order valence-corrected chi connectivity index (χ1v) is 13.5. The minimum atomic E-state index is -0.463. The van der Waals surface area contributed by atoms with Crippen LogP contribution in [0.25, 0.3) is 11.1 Å². The molecular formula is C36H30O6. The van der Waals surface area contributed by atoms with E-state index in [1.807, 2.05) is 24.3 Å². The Balaban J connectivity index is 1.27. The number of carbonyl (C=O) groups excluding carboxylic acids is 2. The van der Waals surface area contributed by atoms with Crippen LogP contribution in [0.3, 0.4) is 0 Å². The molecule has 0 radical (unpaired) electrons. The van der Waals surface area contributed by atoms with Crippen molar-refractivity contribution in [1.29, 1.82) is 0 Å². The third-order valence-corrected chi connectivity index (χ3v) is 6.11. The van der Waals surface area contributed by atoms with E-state index in [0.29, 0.717) is 60.2 Å². The number of unbranched alkanes of at least 4 members (excludes halogenated alkanes) is 2. The molecule has 42 heavy (non-hydrogen) atoms. The number of esters is 2. The Morgan fingerprint density at radius 1 is 0.500 bits per heavy atom. The molecule has 6 nitrogen and oxygen atoms in total. The van der Waals surface area contributed by atoms with Gasteiger partial charge in [-0.2, -0.15) is 0 Å². The van der Waals surface area contributed by atoms with Crippen molar-refractivity contribution in [2.75, 3.05) is 13.2 Å². The Morgan fingerprint density at radius 3 is 1.17 bits per heavy atom. The zero-order valence-electron chi connectivity index (χ0n) is 23.1. The fraction of sp³-hybridized carbons (Fsp3) is 0.167. The number of rotatable bonds is 13. The predicted molar refractivity (Wildman–Crippen MR) is 162 cm³/mol. The van der Waals surface area contributed by atoms with E-state index in [1.165, 1.54) is 0 Å². The van der Waals surface area contributed by atoms with Crippen molar-refractivity contribution in [2.24, 2.45) is 0 Å². The Morgan fingerprint density at radius 2 is 0.833 bits per heavy atom. The SMILES string of the molecule is C#CCCCOc1ccc(C(=O)Oc2ccc(-c3ccc(OC(=O)c4ccc(OCCCC#C)cc4)cc3)cc2)cc1. The summed E-state index contributed by atoms with van der Waals surface area (Å²) in [7, 11) is 0. The van der Waals surface area contributed by atoms with Gasteiger partial charge in [0.15, 0.2) is 0 Å². The van der Waals surface area contributed by atoms with Crippen molar-refractivity contribution in [2.45, 2.75) is 25.7 Å². The van der Waals surface area contributed by atoms with Crippen LogP contribution in [-0.2, 0) is 0 Å². The molecule has 4 aromatic rings. The Labute approximate surface area is 246 Å². The zero-order valence-corrected chi connectivity index (χ0v) is 23.1. The Hall–Kier alpha value is -5.46. The van der Waals surface area contributed by atoms with Crippen LogP contribution in [0, 0.1) is 24.7 Å². The number of terminal acetylenes is 2. The van der Waals surface area contributed by atoms with Gasteiger partial charge in [-0.1, -0.05) is 24.3 Å². The molecule has 0 bridgehead atoms. The molecule has 0 saturated carbocycles. The summed E-state index contributed by atoms with van der Waals surface area (Å²) in [6, 6.07) is 27.9. The molecule has 210 valence electrons. The van der Waals surface area contributed by atoms with E-state index in [0.717, 1.165) is 24.0 Å². The molecule has 4 rings (SSSR count). The van der Waals surface area contributed by atoms with E-state index in [2.05, 4.69) is 11.8 Å². The van der Waals surface area contributed by atoms with Crippen molar-refractivity contribution in [3.63, 3.8) is 0 Å². The van der Waals surface area contributed by atoms with Crippen LogP contribution in [0.5, 0.6) is 23.0 Å². The highest BCUT2D eigenvalue weighted by Gasteiger charge is 2.11. The van der Waals surface area contributed by atoms with Gasteiger partial charge in [-0.05, 0) is 96.8 Å². The van der Waals surface area contributed by atoms with Gasteiger partial charge in [0.2, 0.25) is 0 Å². The van der Waals surface area contributed by atoms with E-state index in [4.69, 9.17) is 31.8 Å². The molecule has 0 aromatic heterocycles. The summed E-state index contributed by atoms with van der Waals surface area (Å²) < 4.78 is 22.2. The summed E-state index contributed by atoms with van der Waals surface area (Å²) in [5.74, 6) is 6.40. The Bertz CT molecular complexity index is 1420. The van der Waals surface area contributed by atoms with E-state index in [-0.39, 0.29) is 0 Å². The molecule has 0 N–H and O–H groups in total. The van der Waals surface area contributed by atoms with Crippen molar-refractivity contribution in [1.82, 2.24) is 0 Å². The predicted octanol–water partition coefficient (Wildman–Crippen LogP) is 7.38. The molecule has 6 heteroatoms. The molecular weight excluding hydrogens is 528 g/mol. The molecule has 0 unspecified atom stereocenters. The quantitative estimate of drug-likeness (QED) is 0.0738. The Kier molecular flexibility index (Phi) is 10.8. The van der Waals surface area contributed by atoms with Crippen molar-refractivity contribution >= 4 is 11.9 Å². The molecule has 0 fully saturated rings. The van der Waals surface area contributed by atoms with E-state index in [9.17, 15) is 9.59 Å². The maximum absolute atomic E-state index is 12.5. The normalized spacial score (nSPS) is 10.1. The summed E-state index contributed by atoms with van der Waals surface area (Å²) in [4.78, 5) is 25.1. The average Bonchev–Trinajstić information content (AvgIpc) is 3.03.